The summed E-state index contributed by atoms with van der Waals surface area (Å²) in [6.45, 7) is 2.26. The molecule has 2 fully saturated rings. The van der Waals surface area contributed by atoms with Crippen molar-refractivity contribution in [1.29, 1.82) is 0 Å². The molecule has 6 nitrogen and oxygen atoms in total. The van der Waals surface area contributed by atoms with E-state index in [9.17, 15) is 18.0 Å². The number of H-pyrrole nitrogens is 1. The third-order valence-corrected chi connectivity index (χ3v) is 7.23. The molecular formula is C26H31F3N4O2. The van der Waals surface area contributed by atoms with E-state index in [1.165, 1.54) is 6.07 Å². The SMILES string of the molecule is CC1=C(C(=O)NC2CCC(N)CC2)c2[nH]ccc2C(c2cc(C(F)(F)F)ccc2OCC2CC2)N1. The zero-order valence-electron chi connectivity index (χ0n) is 19.7. The maximum Gasteiger partial charge on any atom is 0.416 e. The summed E-state index contributed by atoms with van der Waals surface area (Å²) in [6.07, 6.45) is 2.80. The first-order valence-corrected chi connectivity index (χ1v) is 12.3. The molecule has 0 spiro atoms. The topological polar surface area (TPSA) is 92.2 Å². The summed E-state index contributed by atoms with van der Waals surface area (Å²) in [6, 6.07) is 5.08. The first-order valence-electron chi connectivity index (χ1n) is 12.3. The lowest BCUT2D eigenvalue weighted by atomic mass is 9.88. The number of amides is 1. The van der Waals surface area contributed by atoms with Crippen molar-refractivity contribution in [3.63, 3.8) is 0 Å². The lowest BCUT2D eigenvalue weighted by Crippen LogP contribution is -2.42. The van der Waals surface area contributed by atoms with Gasteiger partial charge in [-0.3, -0.25) is 4.79 Å². The Balaban J connectivity index is 1.45. The molecule has 2 saturated carbocycles. The Kier molecular flexibility index (Phi) is 6.29. The van der Waals surface area contributed by atoms with Crippen molar-refractivity contribution in [3.8, 4) is 5.75 Å². The van der Waals surface area contributed by atoms with Crippen molar-refractivity contribution in [2.75, 3.05) is 6.61 Å². The van der Waals surface area contributed by atoms with Crippen molar-refractivity contribution in [2.24, 2.45) is 11.7 Å². The first kappa shape index (κ1) is 23.8. The lowest BCUT2D eigenvalue weighted by molar-refractivity contribution is -0.137. The van der Waals surface area contributed by atoms with Crippen LogP contribution in [0, 0.1) is 5.92 Å². The number of rotatable bonds is 6. The first-order chi connectivity index (χ1) is 16.7. The molecule has 5 N–H and O–H groups in total. The molecule has 2 heterocycles. The fourth-order valence-corrected chi connectivity index (χ4v) is 5.02. The quantitative estimate of drug-likeness (QED) is 0.477. The van der Waals surface area contributed by atoms with Crippen LogP contribution in [-0.2, 0) is 11.0 Å². The molecule has 2 aromatic rings. The number of aromatic nitrogens is 1. The second-order valence-electron chi connectivity index (χ2n) is 9.98. The molecule has 35 heavy (non-hydrogen) atoms. The number of allylic oxidation sites excluding steroid dienone is 1. The molecule has 3 aliphatic rings. The van der Waals surface area contributed by atoms with Crippen LogP contribution in [0.25, 0.3) is 5.57 Å². The van der Waals surface area contributed by atoms with Gasteiger partial charge in [0.15, 0.2) is 0 Å². The Morgan fingerprint density at radius 1 is 1.11 bits per heavy atom. The number of alkyl halides is 3. The van der Waals surface area contributed by atoms with Gasteiger partial charge < -0.3 is 26.1 Å². The molecule has 0 saturated heterocycles. The van der Waals surface area contributed by atoms with Crippen LogP contribution in [-0.4, -0.2) is 29.6 Å². The number of benzene rings is 1. The van der Waals surface area contributed by atoms with Crippen LogP contribution in [0.3, 0.4) is 0 Å². The van der Waals surface area contributed by atoms with Gasteiger partial charge in [0.25, 0.3) is 5.91 Å². The van der Waals surface area contributed by atoms with Crippen LogP contribution < -0.4 is 21.1 Å². The molecule has 1 atom stereocenters. The van der Waals surface area contributed by atoms with Gasteiger partial charge in [0, 0.05) is 35.1 Å². The average molecular weight is 489 g/mol. The molecule has 188 valence electrons. The summed E-state index contributed by atoms with van der Waals surface area (Å²) in [5.74, 6) is 0.680. The third kappa shape index (κ3) is 5.05. The lowest BCUT2D eigenvalue weighted by Gasteiger charge is -2.31. The summed E-state index contributed by atoms with van der Waals surface area (Å²) in [4.78, 5) is 16.4. The van der Waals surface area contributed by atoms with Crippen molar-refractivity contribution in [2.45, 2.75) is 69.8 Å². The van der Waals surface area contributed by atoms with Gasteiger partial charge >= 0.3 is 6.18 Å². The fourth-order valence-electron chi connectivity index (χ4n) is 5.02. The van der Waals surface area contributed by atoms with Crippen molar-refractivity contribution in [1.82, 2.24) is 15.6 Å². The minimum Gasteiger partial charge on any atom is -0.493 e. The molecule has 9 heteroatoms. The number of fused-ring (bicyclic) bond motifs is 1. The Bertz CT molecular complexity index is 1130. The predicted octanol–water partition coefficient (Wildman–Crippen LogP) is 4.63. The largest absolute Gasteiger partial charge is 0.493 e. The Morgan fingerprint density at radius 2 is 1.86 bits per heavy atom. The molecule has 2 aliphatic carbocycles. The molecule has 5 rings (SSSR count). The zero-order valence-corrected chi connectivity index (χ0v) is 19.7. The molecule has 1 aromatic heterocycles. The molecule has 1 amide bonds. The number of carbonyl (C=O) groups excluding carboxylic acids is 1. The van der Waals surface area contributed by atoms with Crippen LogP contribution in [0.15, 0.2) is 36.2 Å². The van der Waals surface area contributed by atoms with Crippen molar-refractivity contribution in [3.05, 3.63) is 58.5 Å². The number of aromatic amines is 1. The highest BCUT2D eigenvalue weighted by molar-refractivity contribution is 6.20. The standard InChI is InChI=1S/C26H31F3N4O2/c1-14-22(25(34)33-18-7-5-17(30)6-8-18)24-19(10-11-31-24)23(32-14)20-12-16(26(27,28)29)4-9-21(20)35-13-15-2-3-15/h4,9-12,15,17-18,23,31-32H,2-3,5-8,13,30H2,1H3,(H,33,34). The van der Waals surface area contributed by atoms with Gasteiger partial charge in [-0.15, -0.1) is 0 Å². The van der Waals surface area contributed by atoms with E-state index < -0.39 is 17.8 Å². The fraction of sp³-hybridized carbons (Fsp3) is 0.500. The van der Waals surface area contributed by atoms with E-state index in [4.69, 9.17) is 10.5 Å². The number of halogens is 3. The van der Waals surface area contributed by atoms with Gasteiger partial charge in [-0.1, -0.05) is 0 Å². The van der Waals surface area contributed by atoms with Gasteiger partial charge in [0.1, 0.15) is 5.75 Å². The van der Waals surface area contributed by atoms with Gasteiger partial charge in [0.2, 0.25) is 0 Å². The van der Waals surface area contributed by atoms with Crippen molar-refractivity contribution >= 4 is 11.5 Å². The Morgan fingerprint density at radius 3 is 2.54 bits per heavy atom. The Hall–Kier alpha value is -2.94. The number of nitrogens with two attached hydrogens (primary N) is 1. The molecule has 1 aliphatic heterocycles. The highest BCUT2D eigenvalue weighted by atomic mass is 19.4. The van der Waals surface area contributed by atoms with E-state index in [1.54, 1.807) is 19.2 Å². The molecule has 0 radical (unpaired) electrons. The second kappa shape index (κ2) is 9.26. The smallest absolute Gasteiger partial charge is 0.416 e. The van der Waals surface area contributed by atoms with Crippen LogP contribution in [0.4, 0.5) is 13.2 Å². The number of ether oxygens (including phenoxy) is 1. The highest BCUT2D eigenvalue weighted by Gasteiger charge is 2.36. The minimum absolute atomic E-state index is 0.0598. The minimum atomic E-state index is -4.47. The molecule has 1 aromatic carbocycles. The van der Waals surface area contributed by atoms with Gasteiger partial charge in [-0.05, 0) is 75.6 Å². The van der Waals surface area contributed by atoms with Crippen LogP contribution in [0.5, 0.6) is 5.75 Å². The number of carbonyl (C=O) groups is 1. The summed E-state index contributed by atoms with van der Waals surface area (Å²) in [5, 5.41) is 6.42. The van der Waals surface area contributed by atoms with Gasteiger partial charge in [0.05, 0.1) is 29.5 Å². The summed E-state index contributed by atoms with van der Waals surface area (Å²) < 4.78 is 46.7. The monoisotopic (exact) mass is 488 g/mol. The number of hydrogen-bond donors (Lipinski definition) is 4. The Labute approximate surface area is 202 Å². The maximum atomic E-state index is 13.6. The van der Waals surface area contributed by atoms with E-state index in [2.05, 4.69) is 15.6 Å². The van der Waals surface area contributed by atoms with Gasteiger partial charge in [-0.25, -0.2) is 0 Å². The van der Waals surface area contributed by atoms with Crippen LogP contribution in [0.1, 0.15) is 73.9 Å². The maximum absolute atomic E-state index is 13.6. The average Bonchev–Trinajstić information content (AvgIpc) is 3.52. The van der Waals surface area contributed by atoms with E-state index in [1.807, 2.05) is 0 Å². The third-order valence-electron chi connectivity index (χ3n) is 7.23. The predicted molar refractivity (Wildman–Crippen MR) is 126 cm³/mol. The van der Waals surface area contributed by atoms with Crippen molar-refractivity contribution < 1.29 is 22.7 Å². The second-order valence-corrected chi connectivity index (χ2v) is 9.98. The zero-order chi connectivity index (χ0) is 24.7. The van der Waals surface area contributed by atoms with Crippen LogP contribution in [0.2, 0.25) is 0 Å². The number of nitrogens with one attached hydrogen (secondary N) is 3. The summed E-state index contributed by atoms with van der Waals surface area (Å²) in [5.41, 5.74) is 8.06. The van der Waals surface area contributed by atoms with E-state index in [0.717, 1.165) is 50.7 Å². The summed E-state index contributed by atoms with van der Waals surface area (Å²) >= 11 is 0. The number of hydrogen-bond acceptors (Lipinski definition) is 4. The van der Waals surface area contributed by atoms with E-state index in [0.29, 0.717) is 46.4 Å². The normalized spacial score (nSPS) is 24.5. The molecule has 0 bridgehead atoms. The van der Waals surface area contributed by atoms with Crippen LogP contribution >= 0.6 is 0 Å². The molecular weight excluding hydrogens is 457 g/mol. The highest BCUT2D eigenvalue weighted by Crippen LogP contribution is 2.42. The molecule has 1 unspecified atom stereocenters. The summed E-state index contributed by atoms with van der Waals surface area (Å²) in [7, 11) is 0. The van der Waals surface area contributed by atoms with E-state index >= 15 is 0 Å². The van der Waals surface area contributed by atoms with Gasteiger partial charge in [-0.2, -0.15) is 13.2 Å². The van der Waals surface area contributed by atoms with E-state index in [-0.39, 0.29) is 18.0 Å².